The molecule has 2 aliphatic rings. The van der Waals surface area contributed by atoms with Crippen LogP contribution in [-0.4, -0.2) is 13.9 Å². The Hall–Kier alpha value is -0.720. The van der Waals surface area contributed by atoms with Crippen molar-refractivity contribution in [1.29, 1.82) is 0 Å². The topological polar surface area (TPSA) is 43.4 Å². The van der Waals surface area contributed by atoms with Crippen LogP contribution in [0.1, 0.15) is 79.6 Å². The fraction of sp³-hybridized carbons (Fsp3) is 0.900. The van der Waals surface area contributed by atoms with Gasteiger partial charge in [-0.1, -0.05) is 47.5 Å². The van der Waals surface area contributed by atoms with Gasteiger partial charge in [-0.3, -0.25) is 0 Å². The van der Waals surface area contributed by atoms with Crippen molar-refractivity contribution in [3.8, 4) is 0 Å². The molecule has 0 radical (unpaired) electrons. The van der Waals surface area contributed by atoms with Crippen LogP contribution < -0.4 is 0 Å². The molecule has 0 aromatic carbocycles. The van der Waals surface area contributed by atoms with Gasteiger partial charge in [0.15, 0.2) is 0 Å². The van der Waals surface area contributed by atoms with Crippen molar-refractivity contribution in [2.45, 2.75) is 85.1 Å². The molecular weight excluding hydrogens is 377 g/mol. The van der Waals surface area contributed by atoms with Gasteiger partial charge < -0.3 is 4.18 Å². The Bertz CT molecular complexity index is 661. The Morgan fingerprint density at radius 1 is 1.26 bits per heavy atom. The molecular formula is C20H33F3O3S. The molecule has 0 amide bonds. The Morgan fingerprint density at radius 2 is 1.89 bits per heavy atom. The number of allylic oxidation sites excluding steroid dienone is 2. The highest BCUT2D eigenvalue weighted by Crippen LogP contribution is 2.59. The van der Waals surface area contributed by atoms with Gasteiger partial charge in [-0.25, -0.2) is 0 Å². The van der Waals surface area contributed by atoms with E-state index in [0.717, 1.165) is 32.1 Å². The van der Waals surface area contributed by atoms with Crippen molar-refractivity contribution in [1.82, 2.24) is 0 Å². The van der Waals surface area contributed by atoms with E-state index in [1.54, 1.807) is 6.08 Å². The van der Waals surface area contributed by atoms with Crippen LogP contribution in [-0.2, 0) is 14.3 Å². The molecule has 1 saturated carbocycles. The number of rotatable bonds is 6. The van der Waals surface area contributed by atoms with Crippen LogP contribution in [0, 0.1) is 28.6 Å². The smallest absolute Gasteiger partial charge is 0.381 e. The zero-order chi connectivity index (χ0) is 20.7. The van der Waals surface area contributed by atoms with E-state index in [-0.39, 0.29) is 17.1 Å². The van der Waals surface area contributed by atoms with Crippen molar-refractivity contribution < 1.29 is 25.8 Å². The van der Waals surface area contributed by atoms with Gasteiger partial charge in [0.1, 0.15) is 5.76 Å². The second kappa shape index (κ2) is 7.60. The number of hydrogen-bond donors (Lipinski definition) is 0. The number of alkyl halides is 3. The third-order valence-electron chi connectivity index (χ3n) is 6.54. The van der Waals surface area contributed by atoms with E-state index in [1.807, 2.05) is 0 Å². The average molecular weight is 411 g/mol. The van der Waals surface area contributed by atoms with Gasteiger partial charge >= 0.3 is 15.6 Å². The van der Waals surface area contributed by atoms with Crippen molar-refractivity contribution in [2.75, 3.05) is 0 Å². The lowest BCUT2D eigenvalue weighted by atomic mass is 9.63. The second-order valence-electron chi connectivity index (χ2n) is 9.80. The van der Waals surface area contributed by atoms with Crippen LogP contribution >= 0.6 is 0 Å². The van der Waals surface area contributed by atoms with Crippen LogP contribution in [0.15, 0.2) is 11.8 Å². The molecule has 0 saturated heterocycles. The molecule has 0 heterocycles. The summed E-state index contributed by atoms with van der Waals surface area (Å²) < 4.78 is 65.7. The van der Waals surface area contributed by atoms with Gasteiger partial charge in [-0.05, 0) is 60.8 Å². The molecule has 2 rings (SSSR count). The molecule has 0 aliphatic heterocycles. The molecule has 7 heteroatoms. The summed E-state index contributed by atoms with van der Waals surface area (Å²) in [6.45, 7) is 11.0. The first-order valence-corrected chi connectivity index (χ1v) is 11.3. The van der Waals surface area contributed by atoms with Crippen LogP contribution in [0.25, 0.3) is 0 Å². The summed E-state index contributed by atoms with van der Waals surface area (Å²) >= 11 is 0. The normalized spacial score (nSPS) is 30.6. The van der Waals surface area contributed by atoms with Gasteiger partial charge in [-0.15, -0.1) is 0 Å². The molecule has 0 bridgehead atoms. The predicted molar refractivity (Wildman–Crippen MR) is 100 cm³/mol. The Labute approximate surface area is 161 Å². The lowest BCUT2D eigenvalue weighted by Gasteiger charge is -2.42. The van der Waals surface area contributed by atoms with E-state index >= 15 is 0 Å². The number of fused-ring (bicyclic) bond motifs is 1. The fourth-order valence-electron chi connectivity index (χ4n) is 5.11. The SMILES string of the molecule is CC(CCCC(C)(C)C)C1CCC2C(OS(=O)(=O)C(F)(F)F)=CCCC21C. The van der Waals surface area contributed by atoms with E-state index in [1.165, 1.54) is 0 Å². The quantitative estimate of drug-likeness (QED) is 0.375. The van der Waals surface area contributed by atoms with Crippen molar-refractivity contribution >= 4 is 10.1 Å². The number of hydrogen-bond acceptors (Lipinski definition) is 3. The summed E-state index contributed by atoms with van der Waals surface area (Å²) in [5.41, 5.74) is -5.30. The van der Waals surface area contributed by atoms with Gasteiger partial charge in [-0.2, -0.15) is 21.6 Å². The maximum atomic E-state index is 12.7. The Balaban J connectivity index is 2.09. The molecule has 0 N–H and O–H groups in total. The standard InChI is InChI=1S/C20H33F3O3S/c1-14(8-6-12-18(2,3)4)15-10-11-16-17(9-7-13-19(15,16)5)26-27(24,25)20(21,22)23/h9,14-16H,6-8,10-13H2,1-5H3. The van der Waals surface area contributed by atoms with Gasteiger partial charge in [0.25, 0.3) is 0 Å². The van der Waals surface area contributed by atoms with Crippen LogP contribution in [0.3, 0.4) is 0 Å². The van der Waals surface area contributed by atoms with E-state index in [0.29, 0.717) is 30.1 Å². The maximum Gasteiger partial charge on any atom is 0.534 e. The molecule has 158 valence electrons. The third kappa shape index (κ3) is 5.01. The molecule has 1 fully saturated rings. The molecule has 0 aromatic heterocycles. The summed E-state index contributed by atoms with van der Waals surface area (Å²) in [4.78, 5) is 0. The van der Waals surface area contributed by atoms with Crippen molar-refractivity contribution in [3.63, 3.8) is 0 Å². The van der Waals surface area contributed by atoms with Crippen LogP contribution in [0.2, 0.25) is 0 Å². The van der Waals surface area contributed by atoms with Gasteiger partial charge in [0.2, 0.25) is 0 Å². The molecule has 27 heavy (non-hydrogen) atoms. The monoisotopic (exact) mass is 410 g/mol. The lowest BCUT2D eigenvalue weighted by molar-refractivity contribution is -0.0536. The first kappa shape index (κ1) is 22.6. The van der Waals surface area contributed by atoms with Crippen molar-refractivity contribution in [2.24, 2.45) is 28.6 Å². The van der Waals surface area contributed by atoms with Crippen LogP contribution in [0.5, 0.6) is 0 Å². The van der Waals surface area contributed by atoms with E-state index in [2.05, 4.69) is 38.8 Å². The number of halogens is 3. The Kier molecular flexibility index (Phi) is 6.35. The van der Waals surface area contributed by atoms with Gasteiger partial charge in [0.05, 0.1) is 0 Å². The molecule has 4 atom stereocenters. The minimum Gasteiger partial charge on any atom is -0.381 e. The summed E-state index contributed by atoms with van der Waals surface area (Å²) in [7, 11) is -5.60. The summed E-state index contributed by atoms with van der Waals surface area (Å²) in [5.74, 6) is 0.591. The second-order valence-corrected chi connectivity index (χ2v) is 11.3. The molecule has 4 unspecified atom stereocenters. The highest BCUT2D eigenvalue weighted by molar-refractivity contribution is 7.87. The molecule has 3 nitrogen and oxygen atoms in total. The third-order valence-corrected chi connectivity index (χ3v) is 7.52. The zero-order valence-electron chi connectivity index (χ0n) is 17.0. The van der Waals surface area contributed by atoms with E-state index < -0.39 is 15.6 Å². The fourth-order valence-corrected chi connectivity index (χ4v) is 5.65. The molecule has 0 spiro atoms. The minimum absolute atomic E-state index is 0.00506. The predicted octanol–water partition coefficient (Wildman–Crippen LogP) is 6.42. The van der Waals surface area contributed by atoms with Gasteiger partial charge in [0, 0.05) is 5.92 Å². The summed E-state index contributed by atoms with van der Waals surface area (Å²) in [6.07, 6.45) is 7.92. The first-order valence-electron chi connectivity index (χ1n) is 9.88. The minimum atomic E-state index is -5.60. The largest absolute Gasteiger partial charge is 0.534 e. The van der Waals surface area contributed by atoms with E-state index in [4.69, 9.17) is 0 Å². The van der Waals surface area contributed by atoms with Crippen molar-refractivity contribution in [3.05, 3.63) is 11.8 Å². The maximum absolute atomic E-state index is 12.7. The Morgan fingerprint density at radius 3 is 2.44 bits per heavy atom. The first-order chi connectivity index (χ1) is 12.2. The molecule has 2 aliphatic carbocycles. The molecule has 0 aromatic rings. The summed E-state index contributed by atoms with van der Waals surface area (Å²) in [6, 6.07) is 0. The lowest BCUT2D eigenvalue weighted by Crippen LogP contribution is -2.37. The van der Waals surface area contributed by atoms with E-state index in [9.17, 15) is 21.6 Å². The summed E-state index contributed by atoms with van der Waals surface area (Å²) in [5, 5.41) is 0. The highest BCUT2D eigenvalue weighted by atomic mass is 32.2. The average Bonchev–Trinajstić information content (AvgIpc) is 2.82. The zero-order valence-corrected chi connectivity index (χ0v) is 17.8. The van der Waals surface area contributed by atoms with Crippen LogP contribution in [0.4, 0.5) is 13.2 Å². The highest BCUT2D eigenvalue weighted by Gasteiger charge is 2.54.